The monoisotopic (exact) mass is 317 g/mol. The molecule has 0 N–H and O–H groups in total. The highest BCUT2D eigenvalue weighted by Gasteiger charge is 2.24. The summed E-state index contributed by atoms with van der Waals surface area (Å²) in [5.41, 5.74) is 0.903. The highest BCUT2D eigenvalue weighted by molar-refractivity contribution is 14.1. The second-order valence-corrected chi connectivity index (χ2v) is 4.69. The lowest BCUT2D eigenvalue weighted by Gasteiger charge is -2.29. The van der Waals surface area contributed by atoms with Gasteiger partial charge in [0.15, 0.2) is 6.61 Å². The van der Waals surface area contributed by atoms with E-state index in [9.17, 15) is 4.79 Å². The largest absolute Gasteiger partial charge is 0.482 e. The van der Waals surface area contributed by atoms with Gasteiger partial charge in [0.1, 0.15) is 5.75 Å². The second kappa shape index (κ2) is 4.38. The number of halogens is 1. The SMILES string of the molecule is CCCN1C(=O)COc2ccc(I)cc21. The summed E-state index contributed by atoms with van der Waals surface area (Å²) in [6.45, 7) is 2.99. The summed E-state index contributed by atoms with van der Waals surface area (Å²) < 4.78 is 6.49. The van der Waals surface area contributed by atoms with Crippen molar-refractivity contribution >= 4 is 34.2 Å². The van der Waals surface area contributed by atoms with Crippen LogP contribution in [0.2, 0.25) is 0 Å². The van der Waals surface area contributed by atoms with Crippen molar-refractivity contribution in [3.63, 3.8) is 0 Å². The zero-order valence-corrected chi connectivity index (χ0v) is 10.7. The van der Waals surface area contributed by atoms with Gasteiger partial charge in [0.2, 0.25) is 0 Å². The smallest absolute Gasteiger partial charge is 0.265 e. The van der Waals surface area contributed by atoms with E-state index < -0.39 is 0 Å². The third-order valence-corrected chi connectivity index (χ3v) is 2.98. The first-order valence-electron chi connectivity index (χ1n) is 4.95. The molecule has 3 nitrogen and oxygen atoms in total. The van der Waals surface area contributed by atoms with Crippen LogP contribution in [-0.2, 0) is 4.79 Å². The van der Waals surface area contributed by atoms with Crippen molar-refractivity contribution in [2.45, 2.75) is 13.3 Å². The summed E-state index contributed by atoms with van der Waals surface area (Å²) in [7, 11) is 0. The minimum absolute atomic E-state index is 0.0475. The van der Waals surface area contributed by atoms with Gasteiger partial charge in [0.05, 0.1) is 5.69 Å². The summed E-state index contributed by atoms with van der Waals surface area (Å²) >= 11 is 2.24. The molecule has 1 aromatic rings. The topological polar surface area (TPSA) is 29.5 Å². The predicted octanol–water partition coefficient (Wildman–Crippen LogP) is 2.43. The number of ether oxygens (including phenoxy) is 1. The van der Waals surface area contributed by atoms with E-state index in [4.69, 9.17) is 4.74 Å². The van der Waals surface area contributed by atoms with Crippen LogP contribution in [0.25, 0.3) is 0 Å². The average molecular weight is 317 g/mol. The highest BCUT2D eigenvalue weighted by atomic mass is 127. The van der Waals surface area contributed by atoms with Crippen molar-refractivity contribution in [2.75, 3.05) is 18.1 Å². The number of amides is 1. The number of carbonyl (C=O) groups excluding carboxylic acids is 1. The van der Waals surface area contributed by atoms with Gasteiger partial charge >= 0.3 is 0 Å². The molecule has 15 heavy (non-hydrogen) atoms. The lowest BCUT2D eigenvalue weighted by molar-refractivity contribution is -0.121. The maximum atomic E-state index is 11.7. The molecule has 1 aromatic carbocycles. The zero-order chi connectivity index (χ0) is 10.8. The Morgan fingerprint density at radius 1 is 1.53 bits per heavy atom. The Balaban J connectivity index is 2.41. The first-order valence-corrected chi connectivity index (χ1v) is 6.03. The maximum Gasteiger partial charge on any atom is 0.265 e. The standard InChI is InChI=1S/C11H12INO2/c1-2-5-13-9-6-8(12)3-4-10(9)15-7-11(13)14/h3-4,6H,2,5,7H2,1H3. The molecule has 1 aliphatic rings. The van der Waals surface area contributed by atoms with E-state index in [1.807, 2.05) is 18.2 Å². The van der Waals surface area contributed by atoms with Crippen molar-refractivity contribution in [3.05, 3.63) is 21.8 Å². The second-order valence-electron chi connectivity index (χ2n) is 3.45. The molecule has 0 aliphatic carbocycles. The Bertz CT molecular complexity index is 392. The van der Waals surface area contributed by atoms with E-state index in [0.717, 1.165) is 28.0 Å². The molecule has 4 heteroatoms. The van der Waals surface area contributed by atoms with Gasteiger partial charge in [-0.25, -0.2) is 0 Å². The number of anilines is 1. The van der Waals surface area contributed by atoms with Crippen LogP contribution in [0, 0.1) is 3.57 Å². The molecule has 2 rings (SSSR count). The molecule has 0 aromatic heterocycles. The Morgan fingerprint density at radius 2 is 2.33 bits per heavy atom. The van der Waals surface area contributed by atoms with Gasteiger partial charge in [-0.1, -0.05) is 6.92 Å². The van der Waals surface area contributed by atoms with Crippen LogP contribution < -0.4 is 9.64 Å². The van der Waals surface area contributed by atoms with Crippen LogP contribution in [0.5, 0.6) is 5.75 Å². The Morgan fingerprint density at radius 3 is 3.07 bits per heavy atom. The summed E-state index contributed by atoms with van der Waals surface area (Å²) in [5.74, 6) is 0.856. The van der Waals surface area contributed by atoms with Gasteiger partial charge in [-0.3, -0.25) is 4.79 Å². The Hall–Kier alpha value is -0.780. The molecule has 0 saturated heterocycles. The fraction of sp³-hybridized carbons (Fsp3) is 0.364. The molecular weight excluding hydrogens is 305 g/mol. The van der Waals surface area contributed by atoms with Crippen molar-refractivity contribution in [1.29, 1.82) is 0 Å². The Labute approximate surface area is 103 Å². The van der Waals surface area contributed by atoms with Crippen LogP contribution >= 0.6 is 22.6 Å². The van der Waals surface area contributed by atoms with E-state index in [1.54, 1.807) is 4.90 Å². The zero-order valence-electron chi connectivity index (χ0n) is 8.50. The lowest BCUT2D eigenvalue weighted by atomic mass is 10.2. The molecule has 0 bridgehead atoms. The molecule has 1 aliphatic heterocycles. The van der Waals surface area contributed by atoms with Gasteiger partial charge in [-0.05, 0) is 47.2 Å². The van der Waals surface area contributed by atoms with E-state index in [2.05, 4.69) is 29.5 Å². The normalized spacial score (nSPS) is 14.8. The molecule has 1 amide bonds. The third-order valence-electron chi connectivity index (χ3n) is 2.31. The molecule has 0 fully saturated rings. The number of hydrogen-bond donors (Lipinski definition) is 0. The molecule has 80 valence electrons. The van der Waals surface area contributed by atoms with Crippen LogP contribution in [-0.4, -0.2) is 19.1 Å². The number of carbonyl (C=O) groups is 1. The van der Waals surface area contributed by atoms with Crippen LogP contribution in [0.1, 0.15) is 13.3 Å². The number of hydrogen-bond acceptors (Lipinski definition) is 2. The van der Waals surface area contributed by atoms with Crippen molar-refractivity contribution in [3.8, 4) is 5.75 Å². The molecule has 0 radical (unpaired) electrons. The molecule has 1 heterocycles. The van der Waals surface area contributed by atoms with Crippen LogP contribution in [0.4, 0.5) is 5.69 Å². The van der Waals surface area contributed by atoms with Crippen LogP contribution in [0.15, 0.2) is 18.2 Å². The summed E-state index contributed by atoms with van der Waals surface area (Å²) in [6.07, 6.45) is 0.955. The van der Waals surface area contributed by atoms with E-state index in [-0.39, 0.29) is 12.5 Å². The molecule has 0 unspecified atom stereocenters. The van der Waals surface area contributed by atoms with Crippen molar-refractivity contribution < 1.29 is 9.53 Å². The summed E-state index contributed by atoms with van der Waals surface area (Å²) in [5, 5.41) is 0. The number of rotatable bonds is 2. The van der Waals surface area contributed by atoms with Crippen LogP contribution in [0.3, 0.4) is 0 Å². The first-order chi connectivity index (χ1) is 7.22. The van der Waals surface area contributed by atoms with Gasteiger partial charge in [0.25, 0.3) is 5.91 Å². The minimum Gasteiger partial charge on any atom is -0.482 e. The van der Waals surface area contributed by atoms with Gasteiger partial charge in [-0.15, -0.1) is 0 Å². The molecule has 0 saturated carbocycles. The number of benzene rings is 1. The molecular formula is C11H12INO2. The minimum atomic E-state index is 0.0475. The third kappa shape index (κ3) is 2.09. The number of fused-ring (bicyclic) bond motifs is 1. The van der Waals surface area contributed by atoms with E-state index in [1.165, 1.54) is 0 Å². The lowest BCUT2D eigenvalue weighted by Crippen LogP contribution is -2.39. The van der Waals surface area contributed by atoms with Gasteiger partial charge in [-0.2, -0.15) is 0 Å². The maximum absolute atomic E-state index is 11.7. The van der Waals surface area contributed by atoms with Crippen molar-refractivity contribution in [1.82, 2.24) is 0 Å². The van der Waals surface area contributed by atoms with E-state index >= 15 is 0 Å². The quantitative estimate of drug-likeness (QED) is 0.784. The molecule has 0 atom stereocenters. The number of nitrogens with zero attached hydrogens (tertiary/aromatic N) is 1. The first kappa shape index (κ1) is 10.7. The Kier molecular flexibility index (Phi) is 3.14. The van der Waals surface area contributed by atoms with Gasteiger partial charge < -0.3 is 9.64 Å². The highest BCUT2D eigenvalue weighted by Crippen LogP contribution is 2.33. The average Bonchev–Trinajstić information content (AvgIpc) is 2.23. The van der Waals surface area contributed by atoms with Gasteiger partial charge in [0, 0.05) is 10.1 Å². The molecule has 0 spiro atoms. The van der Waals surface area contributed by atoms with E-state index in [0.29, 0.717) is 0 Å². The van der Waals surface area contributed by atoms with Crippen molar-refractivity contribution in [2.24, 2.45) is 0 Å². The summed E-state index contributed by atoms with van der Waals surface area (Å²) in [4.78, 5) is 13.5. The fourth-order valence-corrected chi connectivity index (χ4v) is 2.12. The predicted molar refractivity (Wildman–Crippen MR) is 67.3 cm³/mol. The summed E-state index contributed by atoms with van der Waals surface area (Å²) in [6, 6.07) is 5.90. The fourth-order valence-electron chi connectivity index (χ4n) is 1.64.